The molecule has 1 aromatic carbocycles. The van der Waals surface area contributed by atoms with Gasteiger partial charge in [0.25, 0.3) is 0 Å². The number of benzene rings is 1. The van der Waals surface area contributed by atoms with Crippen molar-refractivity contribution < 1.29 is 19.0 Å². The maximum Gasteiger partial charge on any atom is 0.341 e. The number of carbonyl (C=O) groups is 1. The van der Waals surface area contributed by atoms with Crippen LogP contribution in [0.4, 0.5) is 0 Å². The Morgan fingerprint density at radius 1 is 1.26 bits per heavy atom. The van der Waals surface area contributed by atoms with Crippen molar-refractivity contribution in [3.8, 4) is 11.5 Å². The van der Waals surface area contributed by atoms with Gasteiger partial charge in [0.2, 0.25) is 0 Å². The fraction of sp³-hybridized carbons (Fsp3) is 0.250. The summed E-state index contributed by atoms with van der Waals surface area (Å²) in [5.74, 6) is 0.830. The van der Waals surface area contributed by atoms with Gasteiger partial charge in [-0.15, -0.1) is 11.8 Å². The average molecular weight is 398 g/mol. The highest BCUT2D eigenvalue weighted by molar-refractivity contribution is 9.10. The minimum Gasteiger partial charge on any atom is -0.496 e. The number of carbonyl (C=O) groups excluding carboxylic acids is 1. The fourth-order valence-electron chi connectivity index (χ4n) is 1.97. The van der Waals surface area contributed by atoms with E-state index in [2.05, 4.69) is 20.9 Å². The Labute approximate surface area is 147 Å². The second kappa shape index (κ2) is 8.21. The lowest BCUT2D eigenvalue weighted by Gasteiger charge is -2.13. The first-order valence-electron chi connectivity index (χ1n) is 6.67. The Morgan fingerprint density at radius 3 is 2.65 bits per heavy atom. The lowest BCUT2D eigenvalue weighted by Crippen LogP contribution is -2.08. The predicted octanol–water partition coefficient (Wildman–Crippen LogP) is 3.94. The van der Waals surface area contributed by atoms with Crippen LogP contribution in [0.25, 0.3) is 0 Å². The van der Waals surface area contributed by atoms with Crippen LogP contribution in [0.3, 0.4) is 0 Å². The third-order valence-corrected chi connectivity index (χ3v) is 4.43. The highest BCUT2D eigenvalue weighted by Crippen LogP contribution is 2.33. The monoisotopic (exact) mass is 397 g/mol. The Morgan fingerprint density at radius 2 is 2.00 bits per heavy atom. The van der Waals surface area contributed by atoms with Gasteiger partial charge in [-0.1, -0.05) is 0 Å². The minimum atomic E-state index is -0.425. The van der Waals surface area contributed by atoms with Gasteiger partial charge in [-0.05, 0) is 46.5 Å². The molecular weight excluding hydrogens is 382 g/mol. The van der Waals surface area contributed by atoms with Gasteiger partial charge >= 0.3 is 5.97 Å². The van der Waals surface area contributed by atoms with E-state index in [-0.39, 0.29) is 6.61 Å². The zero-order valence-corrected chi connectivity index (χ0v) is 15.4. The van der Waals surface area contributed by atoms with E-state index >= 15 is 0 Å². The summed E-state index contributed by atoms with van der Waals surface area (Å²) in [6.45, 7) is 0.0777. The summed E-state index contributed by atoms with van der Waals surface area (Å²) in [5, 5.41) is 0.637. The topological polar surface area (TPSA) is 57.7 Å². The largest absolute Gasteiger partial charge is 0.496 e. The maximum atomic E-state index is 12.3. The van der Waals surface area contributed by atoms with Crippen LogP contribution >= 0.6 is 27.7 Å². The van der Waals surface area contributed by atoms with Crippen molar-refractivity contribution in [2.45, 2.75) is 11.6 Å². The van der Waals surface area contributed by atoms with E-state index in [9.17, 15) is 4.79 Å². The Bertz CT molecular complexity index is 708. The molecule has 1 heterocycles. The Kier molecular flexibility index (Phi) is 6.29. The number of hydrogen-bond acceptors (Lipinski definition) is 6. The molecule has 2 rings (SSSR count). The molecule has 0 radical (unpaired) electrons. The van der Waals surface area contributed by atoms with Crippen LogP contribution in [0.15, 0.2) is 40.0 Å². The van der Waals surface area contributed by atoms with E-state index in [1.165, 1.54) is 11.8 Å². The van der Waals surface area contributed by atoms with Crippen LogP contribution in [0.1, 0.15) is 15.9 Å². The third kappa shape index (κ3) is 4.17. The highest BCUT2D eigenvalue weighted by Gasteiger charge is 2.16. The molecule has 122 valence electrons. The third-order valence-electron chi connectivity index (χ3n) is 3.10. The van der Waals surface area contributed by atoms with E-state index in [1.54, 1.807) is 44.7 Å². The number of pyridine rings is 1. The molecule has 0 fully saturated rings. The van der Waals surface area contributed by atoms with E-state index in [0.29, 0.717) is 22.1 Å². The van der Waals surface area contributed by atoms with Crippen molar-refractivity contribution in [2.75, 3.05) is 20.5 Å². The zero-order chi connectivity index (χ0) is 16.8. The Hall–Kier alpha value is -1.73. The molecule has 0 amide bonds. The van der Waals surface area contributed by atoms with Gasteiger partial charge in [0.15, 0.2) is 0 Å². The molecule has 0 N–H and O–H groups in total. The summed E-state index contributed by atoms with van der Waals surface area (Å²) in [5.41, 5.74) is 1.17. The smallest absolute Gasteiger partial charge is 0.341 e. The van der Waals surface area contributed by atoms with E-state index in [0.717, 1.165) is 10.0 Å². The van der Waals surface area contributed by atoms with Gasteiger partial charge in [-0.3, -0.25) is 0 Å². The maximum absolute atomic E-state index is 12.3. The van der Waals surface area contributed by atoms with E-state index in [1.807, 2.05) is 6.26 Å². The summed E-state index contributed by atoms with van der Waals surface area (Å²) >= 11 is 4.79. The normalized spacial score (nSPS) is 10.3. The lowest BCUT2D eigenvalue weighted by atomic mass is 10.2. The van der Waals surface area contributed by atoms with Gasteiger partial charge < -0.3 is 14.2 Å². The first kappa shape index (κ1) is 17.6. The molecule has 0 bridgehead atoms. The van der Waals surface area contributed by atoms with Crippen molar-refractivity contribution in [3.05, 3.63) is 46.1 Å². The van der Waals surface area contributed by atoms with E-state index < -0.39 is 5.97 Å². The standard InChI is InChI=1S/C16H16BrNO4S/c1-20-13-8-12(17)14(21-2)7-10(13)9-22-16(19)11-5-4-6-18-15(11)23-3/h4-8H,9H2,1-3H3. The second-order valence-electron chi connectivity index (χ2n) is 4.43. The first-order chi connectivity index (χ1) is 11.1. The van der Waals surface area contributed by atoms with Gasteiger partial charge in [0.1, 0.15) is 23.1 Å². The molecule has 0 spiro atoms. The minimum absolute atomic E-state index is 0.0777. The number of hydrogen-bond donors (Lipinski definition) is 0. The summed E-state index contributed by atoms with van der Waals surface area (Å²) in [4.78, 5) is 16.4. The van der Waals surface area contributed by atoms with E-state index in [4.69, 9.17) is 14.2 Å². The quantitative estimate of drug-likeness (QED) is 0.543. The number of halogens is 1. The molecule has 23 heavy (non-hydrogen) atoms. The number of methoxy groups -OCH3 is 2. The lowest BCUT2D eigenvalue weighted by molar-refractivity contribution is 0.0464. The zero-order valence-electron chi connectivity index (χ0n) is 13.0. The van der Waals surface area contributed by atoms with Crippen molar-refractivity contribution >= 4 is 33.7 Å². The number of thioether (sulfide) groups is 1. The molecule has 1 aromatic heterocycles. The number of esters is 1. The molecule has 5 nitrogen and oxygen atoms in total. The molecule has 0 saturated heterocycles. The predicted molar refractivity (Wildman–Crippen MR) is 92.4 cm³/mol. The van der Waals surface area contributed by atoms with Crippen molar-refractivity contribution in [2.24, 2.45) is 0 Å². The molecule has 0 saturated carbocycles. The fourth-order valence-corrected chi connectivity index (χ4v) is 2.99. The molecule has 0 unspecified atom stereocenters. The second-order valence-corrected chi connectivity index (χ2v) is 6.08. The summed E-state index contributed by atoms with van der Waals surface area (Å²) in [6.07, 6.45) is 3.51. The molecular formula is C16H16BrNO4S. The molecule has 0 aliphatic heterocycles. The molecule has 0 atom stereocenters. The van der Waals surface area contributed by atoms with Crippen LogP contribution in [-0.4, -0.2) is 31.4 Å². The number of aromatic nitrogens is 1. The van der Waals surface area contributed by atoms with Gasteiger partial charge in [0.05, 0.1) is 24.3 Å². The van der Waals surface area contributed by atoms with Crippen molar-refractivity contribution in [1.82, 2.24) is 4.98 Å². The van der Waals surface area contributed by atoms with Gasteiger partial charge in [-0.25, -0.2) is 9.78 Å². The molecule has 0 aliphatic carbocycles. The first-order valence-corrected chi connectivity index (χ1v) is 8.69. The SMILES string of the molecule is COc1cc(COC(=O)c2cccnc2SC)c(OC)cc1Br. The van der Waals surface area contributed by atoms with Crippen molar-refractivity contribution in [3.63, 3.8) is 0 Å². The number of ether oxygens (including phenoxy) is 3. The van der Waals surface area contributed by atoms with Crippen molar-refractivity contribution in [1.29, 1.82) is 0 Å². The molecule has 7 heteroatoms. The van der Waals surface area contributed by atoms with Gasteiger partial charge in [0, 0.05) is 11.8 Å². The van der Waals surface area contributed by atoms with Crippen LogP contribution in [-0.2, 0) is 11.3 Å². The Balaban J connectivity index is 2.18. The highest BCUT2D eigenvalue weighted by atomic mass is 79.9. The molecule has 2 aromatic rings. The number of nitrogens with zero attached hydrogens (tertiary/aromatic N) is 1. The average Bonchev–Trinajstić information content (AvgIpc) is 2.59. The summed E-state index contributed by atoms with van der Waals surface area (Å²) < 4.78 is 16.7. The summed E-state index contributed by atoms with van der Waals surface area (Å²) in [6, 6.07) is 6.95. The molecule has 0 aliphatic rings. The van der Waals surface area contributed by atoms with Gasteiger partial charge in [-0.2, -0.15) is 0 Å². The van der Waals surface area contributed by atoms with Crippen LogP contribution in [0.2, 0.25) is 0 Å². The van der Waals surface area contributed by atoms with Crippen LogP contribution in [0.5, 0.6) is 11.5 Å². The van der Waals surface area contributed by atoms with Crippen LogP contribution in [0, 0.1) is 0 Å². The number of rotatable bonds is 6. The summed E-state index contributed by atoms with van der Waals surface area (Å²) in [7, 11) is 3.13. The van der Waals surface area contributed by atoms with Crippen LogP contribution < -0.4 is 9.47 Å².